The number of pyridine rings is 2. The van der Waals surface area contributed by atoms with Gasteiger partial charge in [0.05, 0.1) is 11.8 Å². The Morgan fingerprint density at radius 2 is 2.00 bits per heavy atom. The molecule has 0 radical (unpaired) electrons. The molecule has 7 heteroatoms. The van der Waals surface area contributed by atoms with Crippen LogP contribution in [-0.4, -0.2) is 54.8 Å². The van der Waals surface area contributed by atoms with Crippen LogP contribution in [-0.2, 0) is 0 Å². The first-order valence-electron chi connectivity index (χ1n) is 6.84. The van der Waals surface area contributed by atoms with Gasteiger partial charge in [0.2, 0.25) is 0 Å². The van der Waals surface area contributed by atoms with Crippen molar-refractivity contribution >= 4 is 11.8 Å². The van der Waals surface area contributed by atoms with Gasteiger partial charge in [-0.05, 0) is 18.2 Å². The van der Waals surface area contributed by atoms with Crippen LogP contribution in [0.2, 0.25) is 0 Å². The molecule has 0 aliphatic carbocycles. The predicted molar refractivity (Wildman–Crippen MR) is 82.4 cm³/mol. The van der Waals surface area contributed by atoms with Crippen LogP contribution in [0.4, 0.5) is 0 Å². The van der Waals surface area contributed by atoms with Crippen molar-refractivity contribution < 1.29 is 20.1 Å². The average Bonchev–Trinajstić information content (AvgIpc) is 2.57. The summed E-state index contributed by atoms with van der Waals surface area (Å²) < 4.78 is 5.73. The van der Waals surface area contributed by atoms with Crippen LogP contribution in [0.1, 0.15) is 0 Å². The van der Waals surface area contributed by atoms with Gasteiger partial charge in [-0.15, -0.1) is 11.8 Å². The van der Waals surface area contributed by atoms with Crippen LogP contribution in [0.5, 0.6) is 5.75 Å². The van der Waals surface area contributed by atoms with E-state index in [-0.39, 0.29) is 0 Å². The topological polar surface area (TPSA) is 95.7 Å². The summed E-state index contributed by atoms with van der Waals surface area (Å²) in [6.07, 6.45) is 1.71. The molecule has 0 unspecified atom stereocenters. The SMILES string of the molecule is O[C@@H]1[C@@H](O)[C@@H](Oc2ccnc(-c3cccnc3)c2)SC[C@H]1O. The Bertz CT molecular complexity index is 628. The summed E-state index contributed by atoms with van der Waals surface area (Å²) in [5.41, 5.74) is 0.935. The zero-order valence-corrected chi connectivity index (χ0v) is 12.4. The molecule has 0 amide bonds. The molecule has 3 heterocycles. The van der Waals surface area contributed by atoms with Crippen molar-refractivity contribution in [2.24, 2.45) is 0 Å². The van der Waals surface area contributed by atoms with Crippen LogP contribution < -0.4 is 4.74 Å². The van der Waals surface area contributed by atoms with E-state index in [0.29, 0.717) is 17.2 Å². The molecule has 0 bridgehead atoms. The summed E-state index contributed by atoms with van der Waals surface area (Å²) in [5, 5.41) is 29.2. The molecule has 0 aromatic carbocycles. The summed E-state index contributed by atoms with van der Waals surface area (Å²) >= 11 is 1.26. The Hall–Kier alpha value is -1.67. The van der Waals surface area contributed by atoms with E-state index >= 15 is 0 Å². The maximum Gasteiger partial charge on any atom is 0.173 e. The van der Waals surface area contributed by atoms with Gasteiger partial charge in [-0.2, -0.15) is 0 Å². The van der Waals surface area contributed by atoms with Gasteiger partial charge in [0.15, 0.2) is 5.44 Å². The average molecular weight is 320 g/mol. The Labute approximate surface area is 131 Å². The van der Waals surface area contributed by atoms with Gasteiger partial charge in [0.1, 0.15) is 18.0 Å². The van der Waals surface area contributed by atoms with Crippen LogP contribution in [0, 0.1) is 0 Å². The normalized spacial score (nSPS) is 28.3. The molecule has 1 aliphatic rings. The lowest BCUT2D eigenvalue weighted by atomic mass is 10.1. The number of aliphatic hydroxyl groups is 3. The van der Waals surface area contributed by atoms with E-state index in [1.165, 1.54) is 11.8 Å². The zero-order valence-electron chi connectivity index (χ0n) is 11.6. The molecule has 2 aromatic heterocycles. The third kappa shape index (κ3) is 3.22. The third-order valence-electron chi connectivity index (χ3n) is 3.40. The molecule has 0 spiro atoms. The molecular formula is C15H16N2O4S. The number of nitrogens with zero attached hydrogens (tertiary/aromatic N) is 2. The molecule has 4 atom stereocenters. The van der Waals surface area contributed by atoms with Crippen LogP contribution in [0.25, 0.3) is 11.3 Å². The fourth-order valence-corrected chi connectivity index (χ4v) is 3.30. The Balaban J connectivity index is 1.76. The predicted octanol–water partition coefficient (Wildman–Crippen LogP) is 0.678. The molecule has 1 aliphatic heterocycles. The van der Waals surface area contributed by atoms with Crippen molar-refractivity contribution in [2.45, 2.75) is 23.7 Å². The van der Waals surface area contributed by atoms with E-state index < -0.39 is 23.7 Å². The number of hydrogen-bond acceptors (Lipinski definition) is 7. The highest BCUT2D eigenvalue weighted by Gasteiger charge is 2.38. The van der Waals surface area contributed by atoms with Crippen LogP contribution in [0.15, 0.2) is 42.9 Å². The number of aromatic nitrogens is 2. The second-order valence-electron chi connectivity index (χ2n) is 4.99. The first-order valence-corrected chi connectivity index (χ1v) is 7.89. The molecule has 116 valence electrons. The Kier molecular flexibility index (Phi) is 4.58. The van der Waals surface area contributed by atoms with Gasteiger partial charge < -0.3 is 20.1 Å². The summed E-state index contributed by atoms with van der Waals surface area (Å²) in [6.45, 7) is 0. The molecule has 2 aromatic rings. The third-order valence-corrected chi connectivity index (χ3v) is 4.63. The summed E-state index contributed by atoms with van der Waals surface area (Å²) in [7, 11) is 0. The fourth-order valence-electron chi connectivity index (χ4n) is 2.17. The lowest BCUT2D eigenvalue weighted by molar-refractivity contribution is -0.0786. The summed E-state index contributed by atoms with van der Waals surface area (Å²) in [5.74, 6) is 0.845. The number of aliphatic hydroxyl groups excluding tert-OH is 3. The summed E-state index contributed by atoms with van der Waals surface area (Å²) in [4.78, 5) is 8.32. The first kappa shape index (κ1) is 15.2. The van der Waals surface area contributed by atoms with Crippen LogP contribution in [0.3, 0.4) is 0 Å². The smallest absolute Gasteiger partial charge is 0.173 e. The summed E-state index contributed by atoms with van der Waals surface area (Å²) in [6, 6.07) is 7.15. The van der Waals surface area contributed by atoms with Crippen molar-refractivity contribution in [3.63, 3.8) is 0 Å². The van der Waals surface area contributed by atoms with E-state index in [4.69, 9.17) is 4.74 Å². The van der Waals surface area contributed by atoms with E-state index in [1.807, 2.05) is 12.1 Å². The standard InChI is InChI=1S/C15H16N2O4S/c18-12-8-22-15(14(20)13(12)19)21-10-3-5-17-11(6-10)9-2-1-4-16-7-9/h1-7,12-15,18-20H,8H2/t12-,13+,14-,15+/m1/s1. The fraction of sp³-hybridized carbons (Fsp3) is 0.333. The first-order chi connectivity index (χ1) is 10.6. The number of ether oxygens (including phenoxy) is 1. The van der Waals surface area contributed by atoms with Gasteiger partial charge in [-0.3, -0.25) is 9.97 Å². The van der Waals surface area contributed by atoms with Gasteiger partial charge in [-0.1, -0.05) is 0 Å². The lowest BCUT2D eigenvalue weighted by Gasteiger charge is -2.34. The molecule has 22 heavy (non-hydrogen) atoms. The second kappa shape index (κ2) is 6.62. The monoisotopic (exact) mass is 320 g/mol. The van der Waals surface area contributed by atoms with E-state index in [0.717, 1.165) is 5.56 Å². The minimum absolute atomic E-state index is 0.309. The van der Waals surface area contributed by atoms with Gasteiger partial charge in [0, 0.05) is 36.0 Å². The number of rotatable bonds is 3. The van der Waals surface area contributed by atoms with E-state index in [9.17, 15) is 15.3 Å². The maximum atomic E-state index is 9.97. The van der Waals surface area contributed by atoms with Crippen molar-refractivity contribution in [1.82, 2.24) is 9.97 Å². The maximum absolute atomic E-state index is 9.97. The molecule has 3 rings (SSSR count). The molecule has 3 N–H and O–H groups in total. The van der Waals surface area contributed by atoms with E-state index in [1.54, 1.807) is 30.7 Å². The van der Waals surface area contributed by atoms with E-state index in [2.05, 4.69) is 9.97 Å². The quantitative estimate of drug-likeness (QED) is 0.765. The zero-order chi connectivity index (χ0) is 15.5. The van der Waals surface area contributed by atoms with Crippen LogP contribution >= 0.6 is 11.8 Å². The largest absolute Gasteiger partial charge is 0.477 e. The molecule has 1 saturated heterocycles. The molecule has 6 nitrogen and oxygen atoms in total. The highest BCUT2D eigenvalue weighted by atomic mass is 32.2. The van der Waals surface area contributed by atoms with Gasteiger partial charge >= 0.3 is 0 Å². The van der Waals surface area contributed by atoms with Gasteiger partial charge in [-0.25, -0.2) is 0 Å². The van der Waals surface area contributed by atoms with Crippen molar-refractivity contribution in [1.29, 1.82) is 0 Å². The van der Waals surface area contributed by atoms with Crippen molar-refractivity contribution in [3.05, 3.63) is 42.9 Å². The second-order valence-corrected chi connectivity index (χ2v) is 6.12. The number of hydrogen-bond donors (Lipinski definition) is 3. The highest BCUT2D eigenvalue weighted by Crippen LogP contribution is 2.30. The molecule has 0 saturated carbocycles. The van der Waals surface area contributed by atoms with Crippen molar-refractivity contribution in [2.75, 3.05) is 5.75 Å². The number of thioether (sulfide) groups is 1. The minimum Gasteiger partial charge on any atom is -0.477 e. The Morgan fingerprint density at radius 3 is 2.77 bits per heavy atom. The van der Waals surface area contributed by atoms with Gasteiger partial charge in [0.25, 0.3) is 0 Å². The highest BCUT2D eigenvalue weighted by molar-refractivity contribution is 7.99. The van der Waals surface area contributed by atoms with Crippen molar-refractivity contribution in [3.8, 4) is 17.0 Å². The molecular weight excluding hydrogens is 304 g/mol. The lowest BCUT2D eigenvalue weighted by Crippen LogP contribution is -2.50. The molecule has 1 fully saturated rings. The Morgan fingerprint density at radius 1 is 1.14 bits per heavy atom. The minimum atomic E-state index is -1.20.